The molecular formula is C31H30N2O6. The van der Waals surface area contributed by atoms with Crippen molar-refractivity contribution in [1.82, 2.24) is 4.90 Å². The maximum Gasteiger partial charge on any atom is 0.262 e. The molecule has 8 heteroatoms. The second kappa shape index (κ2) is 9.85. The maximum absolute atomic E-state index is 13.6. The van der Waals surface area contributed by atoms with Gasteiger partial charge in [-0.15, -0.1) is 0 Å². The zero-order valence-corrected chi connectivity index (χ0v) is 22.0. The lowest BCUT2D eigenvalue weighted by atomic mass is 10.0. The topological polar surface area (TPSA) is 96.4 Å². The van der Waals surface area contributed by atoms with E-state index in [1.165, 1.54) is 4.90 Å². The van der Waals surface area contributed by atoms with Crippen molar-refractivity contribution >= 4 is 23.4 Å². The van der Waals surface area contributed by atoms with Gasteiger partial charge in [0.05, 0.1) is 43.5 Å². The first-order chi connectivity index (χ1) is 18.9. The minimum absolute atomic E-state index is 0.147. The van der Waals surface area contributed by atoms with Crippen molar-refractivity contribution in [3.05, 3.63) is 88.0 Å². The minimum atomic E-state index is -0.575. The van der Waals surface area contributed by atoms with E-state index in [2.05, 4.69) is 0 Å². The fourth-order valence-corrected chi connectivity index (χ4v) is 5.80. The molecule has 2 aliphatic heterocycles. The van der Waals surface area contributed by atoms with Crippen LogP contribution < -0.4 is 14.4 Å². The van der Waals surface area contributed by atoms with E-state index in [-0.39, 0.29) is 30.1 Å². The Kier molecular flexibility index (Phi) is 6.35. The van der Waals surface area contributed by atoms with Crippen LogP contribution in [0, 0.1) is 0 Å². The number of fused-ring (bicyclic) bond motifs is 2. The van der Waals surface area contributed by atoms with Crippen LogP contribution in [0.25, 0.3) is 0 Å². The number of aliphatic hydroxyl groups excluding tert-OH is 1. The maximum atomic E-state index is 13.6. The molecule has 0 bridgehead atoms. The van der Waals surface area contributed by atoms with Crippen molar-refractivity contribution in [1.29, 1.82) is 0 Å². The molecular weight excluding hydrogens is 496 g/mol. The summed E-state index contributed by atoms with van der Waals surface area (Å²) in [6.07, 6.45) is 4.48. The van der Waals surface area contributed by atoms with Crippen LogP contribution in [-0.4, -0.2) is 40.9 Å². The van der Waals surface area contributed by atoms with Gasteiger partial charge in [-0.25, -0.2) is 0 Å². The fourth-order valence-electron chi connectivity index (χ4n) is 5.80. The molecule has 1 atom stereocenters. The molecule has 1 unspecified atom stereocenters. The van der Waals surface area contributed by atoms with E-state index in [0.29, 0.717) is 40.3 Å². The first-order valence-electron chi connectivity index (χ1n) is 13.3. The average molecular weight is 527 g/mol. The average Bonchev–Trinajstić information content (AvgIpc) is 3.65. The zero-order valence-electron chi connectivity index (χ0n) is 22.0. The van der Waals surface area contributed by atoms with Gasteiger partial charge in [-0.3, -0.25) is 19.3 Å². The molecule has 6 rings (SSSR count). The molecule has 0 radical (unpaired) electrons. The smallest absolute Gasteiger partial charge is 0.262 e. The van der Waals surface area contributed by atoms with Gasteiger partial charge in [0, 0.05) is 17.3 Å². The van der Waals surface area contributed by atoms with Crippen molar-refractivity contribution < 1.29 is 29.0 Å². The van der Waals surface area contributed by atoms with Gasteiger partial charge in [0.2, 0.25) is 0 Å². The quantitative estimate of drug-likeness (QED) is 0.434. The van der Waals surface area contributed by atoms with Crippen LogP contribution in [0.5, 0.6) is 11.5 Å². The molecule has 8 nitrogen and oxygen atoms in total. The number of imide groups is 1. The number of ether oxygens (including phenoxy) is 2. The minimum Gasteiger partial charge on any atom is -0.493 e. The van der Waals surface area contributed by atoms with E-state index in [4.69, 9.17) is 9.47 Å². The van der Waals surface area contributed by atoms with Gasteiger partial charge < -0.3 is 19.5 Å². The summed E-state index contributed by atoms with van der Waals surface area (Å²) in [5.74, 6) is 0.339. The summed E-state index contributed by atoms with van der Waals surface area (Å²) in [6.45, 7) is 1.98. The molecule has 1 aliphatic carbocycles. The van der Waals surface area contributed by atoms with Crippen molar-refractivity contribution in [2.45, 2.75) is 57.9 Å². The van der Waals surface area contributed by atoms with Gasteiger partial charge in [0.25, 0.3) is 17.7 Å². The molecule has 3 aromatic carbocycles. The van der Waals surface area contributed by atoms with Crippen molar-refractivity contribution in [2.24, 2.45) is 0 Å². The molecule has 3 amide bonds. The van der Waals surface area contributed by atoms with Crippen LogP contribution in [0.4, 0.5) is 5.69 Å². The number of hydrogen-bond acceptors (Lipinski definition) is 6. The van der Waals surface area contributed by atoms with E-state index in [9.17, 15) is 19.5 Å². The lowest BCUT2D eigenvalue weighted by Crippen LogP contribution is -2.32. The van der Waals surface area contributed by atoms with Gasteiger partial charge in [-0.05, 0) is 79.6 Å². The monoisotopic (exact) mass is 526 g/mol. The number of aliphatic hydroxyl groups is 1. The molecule has 39 heavy (non-hydrogen) atoms. The second-order valence-corrected chi connectivity index (χ2v) is 10.4. The highest BCUT2D eigenvalue weighted by atomic mass is 16.5. The number of anilines is 1. The number of carbonyl (C=O) groups is 3. The standard InChI is InChI=1S/C31H30N2O6/c1-18(33-30(36)24-11-7-19(17-34)13-26(24)31(33)37)20-8-9-21-16-32(29(35)25(21)14-20)22-10-12-27(38-2)28(15-22)39-23-5-3-4-6-23/h7-15,18,23,34H,3-6,16-17H2,1-2H3. The Morgan fingerprint density at radius 2 is 1.64 bits per heavy atom. The SMILES string of the molecule is COc1ccc(N2Cc3ccc(C(C)N4C(=O)c5ccc(CO)cc5C4=O)cc3C2=O)cc1OC1CCCC1. The third-order valence-corrected chi connectivity index (χ3v) is 8.03. The highest BCUT2D eigenvalue weighted by molar-refractivity contribution is 6.21. The van der Waals surface area contributed by atoms with Crippen LogP contribution in [-0.2, 0) is 13.2 Å². The largest absolute Gasteiger partial charge is 0.493 e. The van der Waals surface area contributed by atoms with Crippen molar-refractivity contribution in [2.75, 3.05) is 12.0 Å². The van der Waals surface area contributed by atoms with Gasteiger partial charge in [0.1, 0.15) is 0 Å². The van der Waals surface area contributed by atoms with Gasteiger partial charge in [0.15, 0.2) is 11.5 Å². The molecule has 0 aromatic heterocycles. The predicted molar refractivity (Wildman–Crippen MR) is 144 cm³/mol. The van der Waals surface area contributed by atoms with E-state index in [1.54, 1.807) is 43.2 Å². The Hall–Kier alpha value is -4.17. The number of carbonyl (C=O) groups excluding carboxylic acids is 3. The number of rotatable bonds is 7. The summed E-state index contributed by atoms with van der Waals surface area (Å²) < 4.78 is 11.7. The summed E-state index contributed by atoms with van der Waals surface area (Å²) in [4.78, 5) is 42.8. The number of hydrogen-bond donors (Lipinski definition) is 1. The lowest BCUT2D eigenvalue weighted by molar-refractivity contribution is 0.0595. The molecule has 0 saturated heterocycles. The van der Waals surface area contributed by atoms with E-state index in [1.807, 2.05) is 30.3 Å². The number of benzene rings is 3. The first kappa shape index (κ1) is 25.1. The van der Waals surface area contributed by atoms with Crippen LogP contribution in [0.3, 0.4) is 0 Å². The van der Waals surface area contributed by atoms with Crippen LogP contribution in [0.2, 0.25) is 0 Å². The number of methoxy groups -OCH3 is 1. The first-order valence-corrected chi connectivity index (χ1v) is 13.3. The van der Waals surface area contributed by atoms with Gasteiger partial charge in [-0.1, -0.05) is 18.2 Å². The Labute approximate surface area is 226 Å². The summed E-state index contributed by atoms with van der Waals surface area (Å²) in [7, 11) is 1.61. The van der Waals surface area contributed by atoms with E-state index >= 15 is 0 Å². The number of amides is 3. The zero-order chi connectivity index (χ0) is 27.3. The molecule has 1 fully saturated rings. The summed E-state index contributed by atoms with van der Waals surface area (Å²) in [5, 5.41) is 9.44. The van der Waals surface area contributed by atoms with Gasteiger partial charge in [-0.2, -0.15) is 0 Å². The highest BCUT2D eigenvalue weighted by Gasteiger charge is 2.40. The summed E-state index contributed by atoms with van der Waals surface area (Å²) in [5.41, 5.74) is 4.02. The molecule has 2 heterocycles. The second-order valence-electron chi connectivity index (χ2n) is 10.4. The summed E-state index contributed by atoms with van der Waals surface area (Å²) in [6, 6.07) is 15.3. The predicted octanol–water partition coefficient (Wildman–Crippen LogP) is 5.03. The van der Waals surface area contributed by atoms with Crippen molar-refractivity contribution in [3.8, 4) is 11.5 Å². The molecule has 3 aromatic rings. The molecule has 200 valence electrons. The van der Waals surface area contributed by atoms with Crippen molar-refractivity contribution in [3.63, 3.8) is 0 Å². The van der Waals surface area contributed by atoms with Crippen LogP contribution in [0.1, 0.15) is 86.4 Å². The lowest BCUT2D eigenvalue weighted by Gasteiger charge is -2.23. The molecule has 3 aliphatic rings. The molecule has 1 N–H and O–H groups in total. The summed E-state index contributed by atoms with van der Waals surface area (Å²) >= 11 is 0. The Morgan fingerprint density at radius 1 is 0.872 bits per heavy atom. The number of nitrogens with zero attached hydrogens (tertiary/aromatic N) is 2. The Balaban J connectivity index is 1.25. The fraction of sp³-hybridized carbons (Fsp3) is 0.323. The van der Waals surface area contributed by atoms with E-state index in [0.717, 1.165) is 36.9 Å². The van der Waals surface area contributed by atoms with E-state index < -0.39 is 11.9 Å². The van der Waals surface area contributed by atoms with Gasteiger partial charge >= 0.3 is 0 Å². The third kappa shape index (κ3) is 4.25. The van der Waals surface area contributed by atoms with Crippen LogP contribution >= 0.6 is 0 Å². The highest BCUT2D eigenvalue weighted by Crippen LogP contribution is 2.39. The molecule has 0 spiro atoms. The Morgan fingerprint density at radius 3 is 2.38 bits per heavy atom. The third-order valence-electron chi connectivity index (χ3n) is 8.03. The van der Waals surface area contributed by atoms with Crippen LogP contribution in [0.15, 0.2) is 54.6 Å². The normalized spacial score (nSPS) is 17.6. The Bertz CT molecular complexity index is 1490. The molecule has 1 saturated carbocycles.